The number of nitrogens with one attached hydrogen (secondary N) is 2. The second kappa shape index (κ2) is 9.79. The molecule has 8 heterocycles. The number of benzene rings is 2. The molecule has 4 N–H and O–H groups in total. The van der Waals surface area contributed by atoms with Gasteiger partial charge < -0.3 is 30.4 Å². The van der Waals surface area contributed by atoms with E-state index in [4.69, 9.17) is 36.8 Å². The quantitative estimate of drug-likeness (QED) is 0.214. The van der Waals surface area contributed by atoms with Crippen LogP contribution in [0.3, 0.4) is 0 Å². The standard InChI is InChI=1S/C33H32ClF2N7O2S/c34-26-23(17-3-1-4-21-22(17)24-18(37)10-38-31(24)46-21)27(36)28-25-29(26)44-13-20-19-6-5-16(39-19)12-43(20)30(25)41-32(40-28)45-14-33-7-2-8-42(33)11-15(35)9-33/h1,3-4,10,15-16,19-20,38-39H,2,5-9,11-14,37H2/t15-,16-,19+,20-,33+/m1/s1. The summed E-state index contributed by atoms with van der Waals surface area (Å²) in [5.74, 6) is 0.385. The zero-order chi connectivity index (χ0) is 30.9. The highest BCUT2D eigenvalue weighted by Gasteiger charge is 2.50. The average molecular weight is 664 g/mol. The maximum Gasteiger partial charge on any atom is 0.319 e. The summed E-state index contributed by atoms with van der Waals surface area (Å²) in [6.07, 6.45) is 5.22. The molecule has 46 heavy (non-hydrogen) atoms. The summed E-state index contributed by atoms with van der Waals surface area (Å²) in [7, 11) is 0. The molecule has 4 fully saturated rings. The van der Waals surface area contributed by atoms with Gasteiger partial charge in [-0.1, -0.05) is 23.7 Å². The lowest BCUT2D eigenvalue weighted by molar-refractivity contribution is 0.107. The SMILES string of the molecule is Nc1c[nH]c2sc3cccc(-c4c(Cl)c5c6c(nc(OC[C@@]78CCCN7C[C@H](F)C8)nc6c4F)N4C[C@H]6CC[C@H](N6)[C@H]4CO5)c3c12. The molecule has 0 radical (unpaired) electrons. The van der Waals surface area contributed by atoms with Gasteiger partial charge in [-0.25, -0.2) is 8.78 Å². The average Bonchev–Trinajstić information content (AvgIpc) is 3.83. The lowest BCUT2D eigenvalue weighted by atomic mass is 9.95. The van der Waals surface area contributed by atoms with Crippen molar-refractivity contribution >= 4 is 65.6 Å². The molecule has 2 bridgehead atoms. The molecule has 9 nitrogen and oxygen atoms in total. The minimum Gasteiger partial charge on any atom is -0.489 e. The predicted molar refractivity (Wildman–Crippen MR) is 177 cm³/mol. The number of nitrogen functional groups attached to an aromatic ring is 1. The van der Waals surface area contributed by atoms with Crippen LogP contribution in [0.2, 0.25) is 5.02 Å². The molecule has 0 amide bonds. The number of aromatic amines is 1. The van der Waals surface area contributed by atoms with Crippen molar-refractivity contribution in [3.8, 4) is 22.9 Å². The van der Waals surface area contributed by atoms with Gasteiger partial charge in [0.05, 0.1) is 27.7 Å². The van der Waals surface area contributed by atoms with Crippen molar-refractivity contribution in [2.75, 3.05) is 43.5 Å². The number of H-pyrrole nitrogens is 1. The highest BCUT2D eigenvalue weighted by molar-refractivity contribution is 7.25. The first kappa shape index (κ1) is 27.6. The molecule has 10 rings (SSSR count). The second-order valence-electron chi connectivity index (χ2n) is 13.6. The van der Waals surface area contributed by atoms with E-state index in [1.807, 2.05) is 18.2 Å². The number of thiophene rings is 1. The van der Waals surface area contributed by atoms with E-state index in [1.165, 1.54) is 0 Å². The van der Waals surface area contributed by atoms with Crippen LogP contribution >= 0.6 is 22.9 Å². The summed E-state index contributed by atoms with van der Waals surface area (Å²) in [5, 5.41) is 6.03. The Bertz CT molecular complexity index is 2090. The highest BCUT2D eigenvalue weighted by Crippen LogP contribution is 2.52. The van der Waals surface area contributed by atoms with Crippen LogP contribution < -0.4 is 25.4 Å². The minimum absolute atomic E-state index is 0.0229. The van der Waals surface area contributed by atoms with Gasteiger partial charge in [0.2, 0.25) is 0 Å². The number of hydrogen-bond donors (Lipinski definition) is 3. The normalized spacial score (nSPS) is 28.6. The number of piperazine rings is 1. The van der Waals surface area contributed by atoms with Crippen LogP contribution in [-0.2, 0) is 0 Å². The molecular formula is C33H32ClF2N7O2S. The van der Waals surface area contributed by atoms with Crippen LogP contribution in [0.15, 0.2) is 24.4 Å². The number of anilines is 2. The van der Waals surface area contributed by atoms with Crippen LogP contribution in [-0.4, -0.2) is 82.5 Å². The number of halogens is 3. The zero-order valence-electron chi connectivity index (χ0n) is 24.9. The van der Waals surface area contributed by atoms with Crippen LogP contribution in [0.1, 0.15) is 32.1 Å². The summed E-state index contributed by atoms with van der Waals surface area (Å²) < 4.78 is 45.7. The summed E-state index contributed by atoms with van der Waals surface area (Å²) >= 11 is 8.77. The van der Waals surface area contributed by atoms with E-state index in [0.29, 0.717) is 60.4 Å². The van der Waals surface area contributed by atoms with Gasteiger partial charge in [0.15, 0.2) is 11.6 Å². The van der Waals surface area contributed by atoms with Crippen molar-refractivity contribution in [2.45, 2.75) is 61.9 Å². The Hall–Kier alpha value is -3.45. The smallest absolute Gasteiger partial charge is 0.319 e. The molecule has 2 aromatic carbocycles. The number of alkyl halides is 1. The Morgan fingerprint density at radius 3 is 3.02 bits per heavy atom. The van der Waals surface area contributed by atoms with Gasteiger partial charge in [0, 0.05) is 58.8 Å². The number of nitrogens with zero attached hydrogens (tertiary/aromatic N) is 4. The first-order valence-corrected chi connectivity index (χ1v) is 17.3. The van der Waals surface area contributed by atoms with E-state index in [2.05, 4.69) is 20.1 Å². The molecule has 0 saturated carbocycles. The Kier molecular flexibility index (Phi) is 5.88. The largest absolute Gasteiger partial charge is 0.489 e. The first-order chi connectivity index (χ1) is 22.4. The van der Waals surface area contributed by atoms with E-state index in [1.54, 1.807) is 17.5 Å². The molecular weight excluding hydrogens is 632 g/mol. The third kappa shape index (κ3) is 3.78. The fraction of sp³-hybridized carbons (Fsp3) is 0.455. The van der Waals surface area contributed by atoms with Crippen molar-refractivity contribution in [1.82, 2.24) is 25.2 Å². The van der Waals surface area contributed by atoms with Crippen LogP contribution in [0.4, 0.5) is 20.3 Å². The van der Waals surface area contributed by atoms with Crippen molar-refractivity contribution in [3.63, 3.8) is 0 Å². The number of nitrogens with two attached hydrogens (primary N) is 1. The van der Waals surface area contributed by atoms with E-state index in [9.17, 15) is 4.39 Å². The maximum atomic E-state index is 17.3. The second-order valence-corrected chi connectivity index (χ2v) is 15.0. The summed E-state index contributed by atoms with van der Waals surface area (Å²) in [6.45, 7) is 2.59. The molecule has 5 aliphatic rings. The fourth-order valence-electron chi connectivity index (χ4n) is 8.98. The van der Waals surface area contributed by atoms with E-state index < -0.39 is 17.5 Å². The summed E-state index contributed by atoms with van der Waals surface area (Å²) in [4.78, 5) is 18.3. The van der Waals surface area contributed by atoms with E-state index in [-0.39, 0.29) is 40.8 Å². The molecule has 0 spiro atoms. The first-order valence-electron chi connectivity index (χ1n) is 16.1. The Morgan fingerprint density at radius 2 is 2.11 bits per heavy atom. The van der Waals surface area contributed by atoms with Crippen molar-refractivity contribution < 1.29 is 18.3 Å². The highest BCUT2D eigenvalue weighted by atomic mass is 35.5. The van der Waals surface area contributed by atoms with Crippen molar-refractivity contribution in [3.05, 3.63) is 35.2 Å². The predicted octanol–water partition coefficient (Wildman–Crippen LogP) is 6.02. The van der Waals surface area contributed by atoms with E-state index in [0.717, 1.165) is 52.5 Å². The molecule has 4 saturated heterocycles. The number of ether oxygens (including phenoxy) is 2. The molecule has 5 atom stereocenters. The Morgan fingerprint density at radius 1 is 1.20 bits per heavy atom. The molecule has 0 unspecified atom stereocenters. The van der Waals surface area contributed by atoms with E-state index >= 15 is 4.39 Å². The summed E-state index contributed by atoms with van der Waals surface area (Å²) in [6, 6.07) is 6.34. The van der Waals surface area contributed by atoms with Gasteiger partial charge in [-0.15, -0.1) is 11.3 Å². The lowest BCUT2D eigenvalue weighted by Gasteiger charge is -2.40. The third-order valence-electron chi connectivity index (χ3n) is 11.0. The molecule has 238 valence electrons. The number of hydrogen-bond acceptors (Lipinski definition) is 9. The topological polar surface area (TPSA) is 105 Å². The third-order valence-corrected chi connectivity index (χ3v) is 12.5. The lowest BCUT2D eigenvalue weighted by Crippen LogP contribution is -2.60. The molecule has 5 aromatic rings. The number of fused-ring (bicyclic) bond motifs is 9. The number of rotatable bonds is 4. The van der Waals surface area contributed by atoms with Gasteiger partial charge in [-0.2, -0.15) is 9.97 Å². The Balaban J connectivity index is 1.19. The van der Waals surface area contributed by atoms with Gasteiger partial charge >= 0.3 is 6.01 Å². The summed E-state index contributed by atoms with van der Waals surface area (Å²) in [5.41, 5.74) is 7.52. The number of aromatic nitrogens is 3. The minimum atomic E-state index is -0.884. The molecule has 0 aliphatic carbocycles. The van der Waals surface area contributed by atoms with Crippen LogP contribution in [0.5, 0.6) is 11.8 Å². The van der Waals surface area contributed by atoms with Gasteiger partial charge in [-0.3, -0.25) is 4.90 Å². The van der Waals surface area contributed by atoms with Gasteiger partial charge in [0.1, 0.15) is 35.6 Å². The van der Waals surface area contributed by atoms with Gasteiger partial charge in [-0.05, 0) is 43.9 Å². The van der Waals surface area contributed by atoms with Gasteiger partial charge in [0.25, 0.3) is 0 Å². The molecule has 5 aliphatic heterocycles. The monoisotopic (exact) mass is 663 g/mol. The van der Waals surface area contributed by atoms with Crippen molar-refractivity contribution in [1.29, 1.82) is 0 Å². The fourth-order valence-corrected chi connectivity index (χ4v) is 10.4. The Labute approximate surface area is 272 Å². The zero-order valence-corrected chi connectivity index (χ0v) is 26.5. The van der Waals surface area contributed by atoms with Crippen LogP contribution in [0, 0.1) is 5.82 Å². The van der Waals surface area contributed by atoms with Crippen LogP contribution in [0.25, 0.3) is 42.3 Å². The molecule has 3 aromatic heterocycles. The molecule has 13 heteroatoms. The van der Waals surface area contributed by atoms with Crippen molar-refractivity contribution in [2.24, 2.45) is 0 Å². The maximum absolute atomic E-state index is 17.3.